The van der Waals surface area contributed by atoms with Crippen LogP contribution in [0.5, 0.6) is 5.75 Å². The number of rotatable bonds is 7. The maximum Gasteiger partial charge on any atom is 0.256 e. The van der Waals surface area contributed by atoms with Gasteiger partial charge in [-0.3, -0.25) is 14.8 Å². The third-order valence-corrected chi connectivity index (χ3v) is 5.62. The molecule has 2 aromatic heterocycles. The van der Waals surface area contributed by atoms with Crippen LogP contribution in [0, 0.1) is 0 Å². The average molecular weight is 444 g/mol. The highest BCUT2D eigenvalue weighted by Gasteiger charge is 2.24. The van der Waals surface area contributed by atoms with Crippen LogP contribution in [0.1, 0.15) is 24.5 Å². The van der Waals surface area contributed by atoms with E-state index in [0.29, 0.717) is 23.6 Å². The minimum absolute atomic E-state index is 0.152. The van der Waals surface area contributed by atoms with Crippen LogP contribution in [0.2, 0.25) is 0 Å². The lowest BCUT2D eigenvalue weighted by Gasteiger charge is -2.25. The number of hydrogen-bond donors (Lipinski definition) is 2. The number of pyridine rings is 2. The van der Waals surface area contributed by atoms with Gasteiger partial charge >= 0.3 is 0 Å². The van der Waals surface area contributed by atoms with Crippen LogP contribution in [0.25, 0.3) is 16.7 Å². The Morgan fingerprint density at radius 3 is 2.67 bits per heavy atom. The molecule has 33 heavy (non-hydrogen) atoms. The lowest BCUT2D eigenvalue weighted by molar-refractivity contribution is -0.111. The molecule has 0 unspecified atom stereocenters. The molecule has 7 nitrogen and oxygen atoms in total. The maximum atomic E-state index is 13.4. The van der Waals surface area contributed by atoms with Crippen molar-refractivity contribution in [2.75, 3.05) is 38.4 Å². The fourth-order valence-electron chi connectivity index (χ4n) is 4.04. The van der Waals surface area contributed by atoms with Gasteiger partial charge in [-0.25, -0.2) is 0 Å². The van der Waals surface area contributed by atoms with E-state index < -0.39 is 0 Å². The van der Waals surface area contributed by atoms with Gasteiger partial charge in [0, 0.05) is 53.9 Å². The van der Waals surface area contributed by atoms with Crippen molar-refractivity contribution in [1.82, 2.24) is 14.9 Å². The molecule has 1 aliphatic rings. The van der Waals surface area contributed by atoms with Gasteiger partial charge in [-0.2, -0.15) is 0 Å². The Labute approximate surface area is 194 Å². The molecule has 1 aliphatic heterocycles. The monoisotopic (exact) mass is 443 g/mol. The van der Waals surface area contributed by atoms with Gasteiger partial charge in [-0.05, 0) is 55.4 Å². The summed E-state index contributed by atoms with van der Waals surface area (Å²) in [5.41, 5.74) is 7.39. The first-order valence-electron chi connectivity index (χ1n) is 11.0. The normalized spacial score (nSPS) is 12.9. The number of fused-ring (bicyclic) bond motifs is 1. The summed E-state index contributed by atoms with van der Waals surface area (Å²) in [4.78, 5) is 24.1. The Morgan fingerprint density at radius 2 is 1.91 bits per heavy atom. The SMILES string of the molecule is CCC1=C(C(=O)Nc2cncc(OC)c2)c2cc(-c3cncc(CN(C)C)c3)ccc2NC1. The van der Waals surface area contributed by atoms with Crippen LogP contribution in [0.15, 0.2) is 60.7 Å². The molecule has 0 saturated heterocycles. The highest BCUT2D eigenvalue weighted by molar-refractivity contribution is 6.28. The van der Waals surface area contributed by atoms with E-state index in [1.54, 1.807) is 25.6 Å². The summed E-state index contributed by atoms with van der Waals surface area (Å²) < 4.78 is 5.23. The summed E-state index contributed by atoms with van der Waals surface area (Å²) >= 11 is 0. The van der Waals surface area contributed by atoms with E-state index in [-0.39, 0.29) is 5.91 Å². The highest BCUT2D eigenvalue weighted by atomic mass is 16.5. The summed E-state index contributed by atoms with van der Waals surface area (Å²) in [5.74, 6) is 0.442. The molecule has 0 radical (unpaired) electrons. The Hall–Kier alpha value is -3.71. The summed E-state index contributed by atoms with van der Waals surface area (Å²) in [6.45, 7) is 3.53. The van der Waals surface area contributed by atoms with Gasteiger partial charge in [0.1, 0.15) is 5.75 Å². The standard InChI is InChI=1S/C26H29N5O2/c1-5-18-13-29-24-7-6-19(20-8-17(11-27-12-20)16-31(2)3)9-23(24)25(18)26(32)30-21-10-22(33-4)15-28-14-21/h6-12,14-15,29H,5,13,16H2,1-4H3,(H,30,32). The van der Waals surface area contributed by atoms with Crippen molar-refractivity contribution in [3.8, 4) is 16.9 Å². The number of anilines is 2. The van der Waals surface area contributed by atoms with Crippen molar-refractivity contribution in [3.05, 3.63) is 71.8 Å². The summed E-state index contributed by atoms with van der Waals surface area (Å²) in [6, 6.07) is 10.1. The zero-order valence-corrected chi connectivity index (χ0v) is 19.5. The van der Waals surface area contributed by atoms with Gasteiger partial charge in [-0.1, -0.05) is 13.0 Å². The predicted molar refractivity (Wildman–Crippen MR) is 132 cm³/mol. The van der Waals surface area contributed by atoms with Gasteiger partial charge in [0.25, 0.3) is 5.91 Å². The van der Waals surface area contributed by atoms with E-state index in [4.69, 9.17) is 4.74 Å². The Morgan fingerprint density at radius 1 is 1.09 bits per heavy atom. The van der Waals surface area contributed by atoms with E-state index >= 15 is 0 Å². The molecule has 1 aromatic carbocycles. The quantitative estimate of drug-likeness (QED) is 0.562. The van der Waals surface area contributed by atoms with E-state index in [1.807, 2.05) is 32.6 Å². The van der Waals surface area contributed by atoms with Crippen molar-refractivity contribution < 1.29 is 9.53 Å². The lowest BCUT2D eigenvalue weighted by Crippen LogP contribution is -2.22. The van der Waals surface area contributed by atoms with Crippen LogP contribution in [0.4, 0.5) is 11.4 Å². The van der Waals surface area contributed by atoms with Gasteiger partial charge < -0.3 is 20.3 Å². The number of nitrogens with zero attached hydrogens (tertiary/aromatic N) is 3. The van der Waals surface area contributed by atoms with Crippen LogP contribution in [-0.4, -0.2) is 48.5 Å². The number of hydrogen-bond acceptors (Lipinski definition) is 6. The van der Waals surface area contributed by atoms with E-state index in [2.05, 4.69) is 50.6 Å². The smallest absolute Gasteiger partial charge is 0.256 e. The Kier molecular flexibility index (Phi) is 6.70. The molecule has 0 saturated carbocycles. The van der Waals surface area contributed by atoms with Crippen molar-refractivity contribution in [2.24, 2.45) is 0 Å². The summed E-state index contributed by atoms with van der Waals surface area (Å²) in [6.07, 6.45) is 7.75. The second kappa shape index (κ2) is 9.83. The molecule has 3 aromatic rings. The maximum absolute atomic E-state index is 13.4. The number of carbonyl (C=O) groups excluding carboxylic acids is 1. The molecular formula is C26H29N5O2. The second-order valence-electron chi connectivity index (χ2n) is 8.33. The average Bonchev–Trinajstić information content (AvgIpc) is 2.82. The largest absolute Gasteiger partial charge is 0.495 e. The number of nitrogens with one attached hydrogen (secondary N) is 2. The summed E-state index contributed by atoms with van der Waals surface area (Å²) in [7, 11) is 5.65. The molecule has 170 valence electrons. The zero-order valence-electron chi connectivity index (χ0n) is 19.5. The molecule has 1 amide bonds. The van der Waals surface area contributed by atoms with Crippen molar-refractivity contribution in [3.63, 3.8) is 0 Å². The molecule has 4 rings (SSSR count). The predicted octanol–water partition coefficient (Wildman–Crippen LogP) is 4.44. The molecule has 0 fully saturated rings. The third-order valence-electron chi connectivity index (χ3n) is 5.62. The number of carbonyl (C=O) groups is 1. The van der Waals surface area contributed by atoms with Crippen molar-refractivity contribution in [2.45, 2.75) is 19.9 Å². The van der Waals surface area contributed by atoms with Crippen LogP contribution < -0.4 is 15.4 Å². The minimum atomic E-state index is -0.152. The number of benzene rings is 1. The molecular weight excluding hydrogens is 414 g/mol. The molecule has 0 spiro atoms. The minimum Gasteiger partial charge on any atom is -0.495 e. The Bertz CT molecular complexity index is 1200. The topological polar surface area (TPSA) is 79.4 Å². The lowest BCUT2D eigenvalue weighted by atomic mass is 9.90. The molecule has 3 heterocycles. The van der Waals surface area contributed by atoms with Crippen LogP contribution in [0.3, 0.4) is 0 Å². The van der Waals surface area contributed by atoms with Crippen LogP contribution >= 0.6 is 0 Å². The first kappa shape index (κ1) is 22.5. The number of aromatic nitrogens is 2. The highest BCUT2D eigenvalue weighted by Crippen LogP contribution is 2.36. The van der Waals surface area contributed by atoms with Crippen LogP contribution in [-0.2, 0) is 11.3 Å². The van der Waals surface area contributed by atoms with E-state index in [9.17, 15) is 4.79 Å². The fraction of sp³-hybridized carbons (Fsp3) is 0.269. The van der Waals surface area contributed by atoms with Gasteiger partial charge in [0.15, 0.2) is 0 Å². The number of methoxy groups -OCH3 is 1. The second-order valence-corrected chi connectivity index (χ2v) is 8.33. The fourth-order valence-corrected chi connectivity index (χ4v) is 4.04. The van der Waals surface area contributed by atoms with E-state index in [0.717, 1.165) is 46.5 Å². The number of ether oxygens (including phenoxy) is 1. The molecule has 0 atom stereocenters. The molecule has 0 aliphatic carbocycles. The summed E-state index contributed by atoms with van der Waals surface area (Å²) in [5, 5.41) is 6.45. The number of amides is 1. The molecule has 7 heteroatoms. The van der Waals surface area contributed by atoms with E-state index in [1.165, 1.54) is 0 Å². The first-order chi connectivity index (χ1) is 16.0. The van der Waals surface area contributed by atoms with Gasteiger partial charge in [-0.15, -0.1) is 0 Å². The molecule has 0 bridgehead atoms. The van der Waals surface area contributed by atoms with Gasteiger partial charge in [0.2, 0.25) is 0 Å². The zero-order chi connectivity index (χ0) is 23.4. The van der Waals surface area contributed by atoms with Crippen molar-refractivity contribution >= 4 is 22.9 Å². The van der Waals surface area contributed by atoms with Gasteiger partial charge in [0.05, 0.1) is 25.2 Å². The van der Waals surface area contributed by atoms with Crippen molar-refractivity contribution in [1.29, 1.82) is 0 Å². The third kappa shape index (κ3) is 5.04. The Balaban J connectivity index is 1.71. The first-order valence-corrected chi connectivity index (χ1v) is 11.0. The molecule has 2 N–H and O–H groups in total.